The summed E-state index contributed by atoms with van der Waals surface area (Å²) < 4.78 is 19.8. The Hall–Kier alpha value is 1.37. The van der Waals surface area contributed by atoms with Gasteiger partial charge in [0.2, 0.25) is 0 Å². The van der Waals surface area contributed by atoms with Crippen molar-refractivity contribution in [1.29, 1.82) is 0 Å². The minimum atomic E-state index is -0.997. The molecule has 0 aromatic rings. The molecule has 0 bridgehead atoms. The van der Waals surface area contributed by atoms with Gasteiger partial charge in [0.15, 0.2) is 0 Å². The van der Waals surface area contributed by atoms with E-state index in [9.17, 15) is 0 Å². The van der Waals surface area contributed by atoms with Crippen molar-refractivity contribution in [2.24, 2.45) is 0 Å². The summed E-state index contributed by atoms with van der Waals surface area (Å²) >= 11 is 0. The number of rotatable bonds is 8. The zero-order valence-corrected chi connectivity index (χ0v) is 35.4. The van der Waals surface area contributed by atoms with Crippen LogP contribution in [0.2, 0.25) is 102 Å². The van der Waals surface area contributed by atoms with Crippen LogP contribution >= 0.6 is 0 Å². The molecule has 0 atom stereocenters. The third-order valence-corrected chi connectivity index (χ3v) is 15.9. The van der Waals surface area contributed by atoms with Crippen LogP contribution in [0.3, 0.4) is 0 Å². The van der Waals surface area contributed by atoms with Crippen molar-refractivity contribution in [3.8, 4) is 0 Å². The molecular weight excluding hydrogens is 578 g/mol. The molecule has 4 aliphatic heterocycles. The van der Waals surface area contributed by atoms with Crippen molar-refractivity contribution in [1.82, 2.24) is 0 Å². The first-order chi connectivity index (χ1) is 18.8. The van der Waals surface area contributed by atoms with Crippen LogP contribution in [0.25, 0.3) is 0 Å². The van der Waals surface area contributed by atoms with Crippen LogP contribution in [0.15, 0.2) is 0 Å². The Morgan fingerprint density at radius 3 is 0.548 bits per heavy atom. The third-order valence-electron chi connectivity index (χ3n) is 7.49. The van der Waals surface area contributed by atoms with Gasteiger partial charge in [-0.1, -0.05) is 78.6 Å². The zero-order valence-electron chi connectivity index (χ0n) is 31.4. The topological polar surface area (TPSA) is 36.9 Å². The molecule has 42 heavy (non-hydrogen) atoms. The first-order valence-electron chi connectivity index (χ1n) is 17.4. The predicted molar refractivity (Wildman–Crippen MR) is 199 cm³/mol. The van der Waals surface area contributed by atoms with Crippen molar-refractivity contribution >= 4 is 38.4 Å². The average Bonchev–Trinajstić information content (AvgIpc) is 3.62. The van der Waals surface area contributed by atoms with Crippen LogP contribution in [-0.2, 0) is 18.9 Å². The fourth-order valence-corrected chi connectivity index (χ4v) is 21.5. The maximum atomic E-state index is 4.94. The average molecular weight is 655 g/mol. The SMILES string of the molecule is C1CCOC1.C1CCOC1.C1CCOC1.C1CCOC1.C[Si](C)(C)C[B-](C[Si](C)(C)C)(C[Si](C)(C)C)C[Si](C)(C)C.[Li+]. The van der Waals surface area contributed by atoms with E-state index in [1.54, 1.807) is 23.8 Å². The Morgan fingerprint density at radius 1 is 0.333 bits per heavy atom. The molecule has 0 aromatic heterocycles. The van der Waals surface area contributed by atoms with E-state index in [0.717, 1.165) is 52.9 Å². The molecule has 0 saturated carbocycles. The van der Waals surface area contributed by atoms with Gasteiger partial charge in [-0.2, -0.15) is 23.8 Å². The molecule has 0 aliphatic carbocycles. The molecule has 0 amide bonds. The molecule has 4 aliphatic rings. The van der Waals surface area contributed by atoms with E-state index in [2.05, 4.69) is 78.6 Å². The Labute approximate surface area is 281 Å². The van der Waals surface area contributed by atoms with Crippen LogP contribution in [-0.4, -0.2) is 91.3 Å². The molecule has 248 valence electrons. The number of hydrogen-bond acceptors (Lipinski definition) is 4. The normalized spacial score (nSPS) is 19.1. The second kappa shape index (κ2) is 23.7. The largest absolute Gasteiger partial charge is 1.00 e. The monoisotopic (exact) mass is 655 g/mol. The van der Waals surface area contributed by atoms with Gasteiger partial charge in [-0.15, -0.1) is 0 Å². The van der Waals surface area contributed by atoms with Crippen LogP contribution in [0, 0.1) is 0 Å². The van der Waals surface area contributed by atoms with E-state index in [4.69, 9.17) is 18.9 Å². The van der Waals surface area contributed by atoms with Crippen molar-refractivity contribution in [3.63, 3.8) is 0 Å². The van der Waals surface area contributed by atoms with Crippen molar-refractivity contribution in [2.45, 2.75) is 154 Å². The Morgan fingerprint density at radius 2 is 0.476 bits per heavy atom. The molecule has 10 heteroatoms. The van der Waals surface area contributed by atoms with E-state index in [-0.39, 0.29) is 25.0 Å². The molecule has 0 N–H and O–H groups in total. The quantitative estimate of drug-likeness (QED) is 0.261. The van der Waals surface area contributed by atoms with E-state index < -0.39 is 32.3 Å². The Balaban J connectivity index is 0. The summed E-state index contributed by atoms with van der Waals surface area (Å²) in [6.07, 6.45) is 10.1. The van der Waals surface area contributed by atoms with Gasteiger partial charge >= 0.3 is 18.9 Å². The van der Waals surface area contributed by atoms with Gasteiger partial charge in [-0.25, -0.2) is 0 Å². The molecule has 0 spiro atoms. The summed E-state index contributed by atoms with van der Waals surface area (Å²) in [5.74, 6) is 6.52. The molecule has 4 fully saturated rings. The molecular formula is C32H76BLiO4Si4. The van der Waals surface area contributed by atoms with Crippen molar-refractivity contribution < 1.29 is 37.8 Å². The van der Waals surface area contributed by atoms with Gasteiger partial charge in [0.25, 0.3) is 0 Å². The fraction of sp³-hybridized carbons (Fsp3) is 1.00. The Kier molecular flexibility index (Phi) is 25.6. The Bertz CT molecular complexity index is 476. The third kappa shape index (κ3) is 32.8. The van der Waals surface area contributed by atoms with Crippen molar-refractivity contribution in [2.75, 3.05) is 52.9 Å². The molecule has 4 heterocycles. The van der Waals surface area contributed by atoms with Gasteiger partial charge in [0, 0.05) is 85.2 Å². The molecule has 0 radical (unpaired) electrons. The standard InChI is InChI=1S/C16H44BSi4.4C4H8O.Li/c1-18(2,3)13-17(14-19(4,5)6,15-20(7,8)9)16-21(10,11)12;4*1-2-4-5-3-1;/h13-16H2,1-12H3;4*1-4H2;/q-1;;;;;+1. The number of ether oxygens (including phenoxy) is 4. The van der Waals surface area contributed by atoms with Gasteiger partial charge in [-0.05, 0) is 57.5 Å². The van der Waals surface area contributed by atoms with E-state index >= 15 is 0 Å². The predicted octanol–water partition coefficient (Wildman–Crippen LogP) is 7.14. The second-order valence-electron chi connectivity index (χ2n) is 18.1. The summed E-state index contributed by atoms with van der Waals surface area (Å²) in [6.45, 7) is 39.4. The number of hydrogen-bond donors (Lipinski definition) is 0. The summed E-state index contributed by atoms with van der Waals surface area (Å²) in [4.78, 5) is 0. The maximum absolute atomic E-state index is 4.94. The van der Waals surface area contributed by atoms with Gasteiger partial charge in [0.1, 0.15) is 0 Å². The summed E-state index contributed by atoms with van der Waals surface area (Å²) in [7, 11) is -3.99. The molecule has 4 nitrogen and oxygen atoms in total. The zero-order chi connectivity index (χ0) is 31.5. The molecule has 4 rings (SSSR count). The molecule has 0 aromatic carbocycles. The van der Waals surface area contributed by atoms with Crippen LogP contribution in [0.1, 0.15) is 51.4 Å². The summed E-state index contributed by atoms with van der Waals surface area (Å²) in [5, 5.41) is 0. The first kappa shape index (κ1) is 45.5. The van der Waals surface area contributed by atoms with E-state index in [0.29, 0.717) is 0 Å². The minimum Gasteiger partial charge on any atom is -0.381 e. The maximum Gasteiger partial charge on any atom is 1.00 e. The molecule has 4 saturated heterocycles. The van der Waals surface area contributed by atoms with Crippen LogP contribution in [0.4, 0.5) is 0 Å². The van der Waals surface area contributed by atoms with Crippen molar-refractivity contribution in [3.05, 3.63) is 0 Å². The fourth-order valence-electron chi connectivity index (χ4n) is 7.67. The smallest absolute Gasteiger partial charge is 0.381 e. The van der Waals surface area contributed by atoms with Crippen LogP contribution < -0.4 is 18.9 Å². The summed E-state index contributed by atoms with van der Waals surface area (Å²) in [6, 6.07) is 0. The van der Waals surface area contributed by atoms with Gasteiger partial charge < -0.3 is 18.9 Å². The minimum absolute atomic E-state index is 0. The summed E-state index contributed by atoms with van der Waals surface area (Å²) in [5.41, 5.74) is 0. The first-order valence-corrected chi connectivity index (χ1v) is 32.2. The van der Waals surface area contributed by atoms with Gasteiger partial charge in [-0.3, -0.25) is 0 Å². The van der Waals surface area contributed by atoms with E-state index in [1.807, 2.05) is 0 Å². The van der Waals surface area contributed by atoms with Gasteiger partial charge in [0.05, 0.1) is 0 Å². The van der Waals surface area contributed by atoms with Crippen LogP contribution in [0.5, 0.6) is 0 Å². The molecule has 0 unspecified atom stereocenters. The second-order valence-corrected chi connectivity index (χ2v) is 40.2. The van der Waals surface area contributed by atoms with E-state index in [1.165, 1.54) is 51.4 Å².